The summed E-state index contributed by atoms with van der Waals surface area (Å²) < 4.78 is 12.5. The van der Waals surface area contributed by atoms with Crippen molar-refractivity contribution in [3.63, 3.8) is 0 Å². The minimum absolute atomic E-state index is 0.324. The number of nitrogens with one attached hydrogen (secondary N) is 1. The topological polar surface area (TPSA) is 63.9 Å². The number of benzene rings is 4. The maximum atomic E-state index is 6.58. The summed E-state index contributed by atoms with van der Waals surface area (Å²) in [6.07, 6.45) is 1.47. The third-order valence-electron chi connectivity index (χ3n) is 6.03. The highest BCUT2D eigenvalue weighted by Gasteiger charge is 2.18. The quantitative estimate of drug-likeness (QED) is 0.261. The zero-order valence-corrected chi connectivity index (χ0v) is 19.5. The van der Waals surface area contributed by atoms with E-state index in [0.29, 0.717) is 12.4 Å². The van der Waals surface area contributed by atoms with Gasteiger partial charge in [-0.15, -0.1) is 0 Å². The Hall–Kier alpha value is -4.90. The van der Waals surface area contributed by atoms with Gasteiger partial charge in [0.25, 0.3) is 0 Å². The first kappa shape index (κ1) is 21.6. The second-order valence-electron chi connectivity index (χ2n) is 8.38. The number of hydrogen-bond acceptors (Lipinski definition) is 4. The highest BCUT2D eigenvalue weighted by Crippen LogP contribution is 2.41. The number of furan rings is 1. The first-order valence-electron chi connectivity index (χ1n) is 11.8. The van der Waals surface area contributed by atoms with Crippen LogP contribution in [0.3, 0.4) is 0 Å². The van der Waals surface area contributed by atoms with Gasteiger partial charge in [0.2, 0.25) is 0 Å². The van der Waals surface area contributed by atoms with Gasteiger partial charge in [0.1, 0.15) is 30.2 Å². The van der Waals surface area contributed by atoms with E-state index in [1.807, 2.05) is 54.6 Å². The van der Waals surface area contributed by atoms with E-state index >= 15 is 0 Å². The molecule has 0 aliphatic heterocycles. The van der Waals surface area contributed by atoms with Gasteiger partial charge in [0, 0.05) is 16.7 Å². The lowest BCUT2D eigenvalue weighted by atomic mass is 9.97. The van der Waals surface area contributed by atoms with Crippen molar-refractivity contribution in [2.45, 2.75) is 6.61 Å². The smallest absolute Gasteiger partial charge is 0.162 e. The van der Waals surface area contributed by atoms with Gasteiger partial charge in [0.15, 0.2) is 5.82 Å². The van der Waals surface area contributed by atoms with E-state index in [1.165, 1.54) is 6.33 Å². The molecule has 0 amide bonds. The van der Waals surface area contributed by atoms with Gasteiger partial charge in [-0.05, 0) is 34.9 Å². The van der Waals surface area contributed by atoms with Crippen molar-refractivity contribution >= 4 is 0 Å². The number of aromatic amines is 1. The Bertz CT molecular complexity index is 1520. The van der Waals surface area contributed by atoms with Gasteiger partial charge >= 0.3 is 0 Å². The molecule has 0 saturated carbocycles. The third kappa shape index (κ3) is 4.42. The van der Waals surface area contributed by atoms with Crippen molar-refractivity contribution in [2.24, 2.45) is 0 Å². The van der Waals surface area contributed by atoms with E-state index in [2.05, 4.69) is 75.8 Å². The minimum Gasteiger partial charge on any atom is -0.486 e. The Balaban J connectivity index is 1.41. The molecular formula is C31H23N3O2. The van der Waals surface area contributed by atoms with E-state index in [1.54, 1.807) is 0 Å². The van der Waals surface area contributed by atoms with Crippen LogP contribution < -0.4 is 4.74 Å². The van der Waals surface area contributed by atoms with Crippen molar-refractivity contribution in [3.05, 3.63) is 127 Å². The van der Waals surface area contributed by atoms with Crippen LogP contribution in [-0.2, 0) is 6.61 Å². The number of rotatable bonds is 7. The molecule has 0 fully saturated rings. The summed E-state index contributed by atoms with van der Waals surface area (Å²) in [5.41, 5.74) is 6.35. The first-order chi connectivity index (χ1) is 17.8. The fraction of sp³-hybridized carbons (Fsp3) is 0.0323. The standard InChI is InChI=1S/C31H23N3O2/c1-3-10-22(11-4-1)28-19-29(36-31(28)23-12-5-2-6-13-23)27-17-8-7-16-26(27)24-14-9-15-25(18-24)35-20-30-32-21-33-34-30/h1-19,21H,20H2,(H,32,33,34). The number of H-pyrrole nitrogens is 1. The van der Waals surface area contributed by atoms with Crippen LogP contribution >= 0.6 is 0 Å². The second kappa shape index (κ2) is 9.76. The molecule has 0 atom stereocenters. The summed E-state index contributed by atoms with van der Waals surface area (Å²) in [5.74, 6) is 3.11. The average molecular weight is 470 g/mol. The van der Waals surface area contributed by atoms with Gasteiger partial charge in [-0.1, -0.05) is 97.1 Å². The summed E-state index contributed by atoms with van der Waals surface area (Å²) >= 11 is 0. The van der Waals surface area contributed by atoms with Crippen LogP contribution in [0, 0.1) is 0 Å². The lowest BCUT2D eigenvalue weighted by Crippen LogP contribution is -1.97. The van der Waals surface area contributed by atoms with Crippen molar-refractivity contribution in [1.82, 2.24) is 15.2 Å². The van der Waals surface area contributed by atoms with Crippen molar-refractivity contribution in [2.75, 3.05) is 0 Å². The van der Waals surface area contributed by atoms with Crippen LogP contribution in [-0.4, -0.2) is 15.2 Å². The van der Waals surface area contributed by atoms with Gasteiger partial charge in [-0.3, -0.25) is 5.10 Å². The third-order valence-corrected chi connectivity index (χ3v) is 6.03. The monoisotopic (exact) mass is 469 g/mol. The van der Waals surface area contributed by atoms with E-state index < -0.39 is 0 Å². The second-order valence-corrected chi connectivity index (χ2v) is 8.38. The molecule has 0 aliphatic rings. The van der Waals surface area contributed by atoms with E-state index in [4.69, 9.17) is 9.15 Å². The molecule has 1 N–H and O–H groups in total. The zero-order valence-electron chi connectivity index (χ0n) is 19.5. The molecule has 6 aromatic rings. The maximum Gasteiger partial charge on any atom is 0.162 e. The van der Waals surface area contributed by atoms with Crippen LogP contribution in [0.2, 0.25) is 0 Å². The highest BCUT2D eigenvalue weighted by atomic mass is 16.5. The molecule has 174 valence electrons. The molecule has 0 aliphatic carbocycles. The van der Waals surface area contributed by atoms with Crippen LogP contribution in [0.1, 0.15) is 5.82 Å². The minimum atomic E-state index is 0.324. The largest absolute Gasteiger partial charge is 0.486 e. The number of ether oxygens (including phenoxy) is 1. The number of hydrogen-bond donors (Lipinski definition) is 1. The van der Waals surface area contributed by atoms with E-state index in [0.717, 1.165) is 50.7 Å². The van der Waals surface area contributed by atoms with Gasteiger partial charge in [0.05, 0.1) is 0 Å². The Morgan fingerprint density at radius 3 is 2.08 bits per heavy atom. The highest BCUT2D eigenvalue weighted by molar-refractivity contribution is 5.88. The fourth-order valence-corrected chi connectivity index (χ4v) is 4.32. The normalized spacial score (nSPS) is 10.9. The summed E-state index contributed by atoms with van der Waals surface area (Å²) in [6.45, 7) is 0.324. The molecule has 0 spiro atoms. The average Bonchev–Trinajstić information content (AvgIpc) is 3.64. The predicted molar refractivity (Wildman–Crippen MR) is 141 cm³/mol. The Morgan fingerprint density at radius 2 is 1.33 bits per heavy atom. The molecular weight excluding hydrogens is 446 g/mol. The first-order valence-corrected chi connectivity index (χ1v) is 11.8. The molecule has 6 rings (SSSR count). The molecule has 4 aromatic carbocycles. The number of aromatic nitrogens is 3. The molecule has 5 heteroatoms. The molecule has 5 nitrogen and oxygen atoms in total. The molecule has 2 heterocycles. The molecule has 0 unspecified atom stereocenters. The maximum absolute atomic E-state index is 6.58. The summed E-state index contributed by atoms with van der Waals surface area (Å²) in [5, 5.41) is 6.69. The Labute approximate surface area is 209 Å². The van der Waals surface area contributed by atoms with Crippen LogP contribution in [0.15, 0.2) is 126 Å². The summed E-state index contributed by atoms with van der Waals surface area (Å²) in [7, 11) is 0. The lowest BCUT2D eigenvalue weighted by molar-refractivity contribution is 0.296. The van der Waals surface area contributed by atoms with Gasteiger partial charge in [-0.2, -0.15) is 5.10 Å². The number of nitrogens with zero attached hydrogens (tertiary/aromatic N) is 2. The van der Waals surface area contributed by atoms with E-state index in [-0.39, 0.29) is 0 Å². The van der Waals surface area contributed by atoms with Crippen LogP contribution in [0.25, 0.3) is 44.9 Å². The van der Waals surface area contributed by atoms with Crippen LogP contribution in [0.5, 0.6) is 5.75 Å². The zero-order chi connectivity index (χ0) is 24.2. The van der Waals surface area contributed by atoms with Gasteiger partial charge < -0.3 is 9.15 Å². The summed E-state index contributed by atoms with van der Waals surface area (Å²) in [6, 6.07) is 39.1. The molecule has 0 bridgehead atoms. The molecule has 0 saturated heterocycles. The van der Waals surface area contributed by atoms with Crippen molar-refractivity contribution in [1.29, 1.82) is 0 Å². The Kier molecular flexibility index (Phi) is 5.86. The van der Waals surface area contributed by atoms with Gasteiger partial charge in [-0.25, -0.2) is 4.98 Å². The molecule has 36 heavy (non-hydrogen) atoms. The molecule has 0 radical (unpaired) electrons. The lowest BCUT2D eigenvalue weighted by Gasteiger charge is -2.10. The van der Waals surface area contributed by atoms with Crippen molar-refractivity contribution in [3.8, 4) is 50.7 Å². The summed E-state index contributed by atoms with van der Waals surface area (Å²) in [4.78, 5) is 4.12. The molecule has 2 aromatic heterocycles. The SMILES string of the molecule is c1ccc(-c2cc(-c3ccccc3-c3cccc(OCc4ncn[nH]4)c3)oc2-c2ccccc2)cc1. The predicted octanol–water partition coefficient (Wildman–Crippen LogP) is 7.64. The Morgan fingerprint density at radius 1 is 0.639 bits per heavy atom. The van der Waals surface area contributed by atoms with Crippen LogP contribution in [0.4, 0.5) is 0 Å². The van der Waals surface area contributed by atoms with E-state index in [9.17, 15) is 0 Å². The van der Waals surface area contributed by atoms with Crippen molar-refractivity contribution < 1.29 is 9.15 Å². The fourth-order valence-electron chi connectivity index (χ4n) is 4.32.